The molecule has 0 radical (unpaired) electrons. The van der Waals surface area contributed by atoms with Crippen molar-refractivity contribution in [2.75, 3.05) is 13.2 Å². The van der Waals surface area contributed by atoms with Gasteiger partial charge in [0.05, 0.1) is 12.7 Å². The zero-order valence-corrected chi connectivity index (χ0v) is 11.7. The third-order valence-corrected chi connectivity index (χ3v) is 3.41. The van der Waals surface area contributed by atoms with Gasteiger partial charge in [-0.2, -0.15) is 0 Å². The maximum atomic E-state index is 12.0. The molecule has 1 amide bonds. The Morgan fingerprint density at radius 3 is 2.89 bits per heavy atom. The zero-order valence-electron chi connectivity index (χ0n) is 11.7. The minimum atomic E-state index is -0.561. The number of aliphatic hydroxyl groups is 1. The molecule has 0 saturated heterocycles. The molecule has 1 atom stereocenters. The van der Waals surface area contributed by atoms with Gasteiger partial charge in [0.25, 0.3) is 5.91 Å². The molecule has 0 saturated carbocycles. The molecule has 2 N–H and O–H groups in total. The van der Waals surface area contributed by atoms with Crippen molar-refractivity contribution in [1.82, 2.24) is 5.32 Å². The lowest BCUT2D eigenvalue weighted by molar-refractivity contribution is 0.0587. The summed E-state index contributed by atoms with van der Waals surface area (Å²) in [6, 6.07) is 5.45. The summed E-state index contributed by atoms with van der Waals surface area (Å²) in [7, 11) is 0. The van der Waals surface area contributed by atoms with Crippen molar-refractivity contribution in [3.8, 4) is 5.75 Å². The van der Waals surface area contributed by atoms with E-state index < -0.39 is 6.10 Å². The number of carbonyl (C=O) groups excluding carboxylic acids is 1. The van der Waals surface area contributed by atoms with Gasteiger partial charge in [-0.1, -0.05) is 20.8 Å². The standard InChI is InChI=1S/C15H21NO3/c1-15(2,3)13(17)9-16-14(18)11-4-5-12-10(8-11)6-7-19-12/h4-5,8,13,17H,6-7,9H2,1-3H3,(H,16,18). The lowest BCUT2D eigenvalue weighted by Gasteiger charge is -2.25. The lowest BCUT2D eigenvalue weighted by Crippen LogP contribution is -2.39. The fourth-order valence-corrected chi connectivity index (χ4v) is 1.93. The van der Waals surface area contributed by atoms with Crippen molar-refractivity contribution < 1.29 is 14.6 Å². The average Bonchev–Trinajstić information content (AvgIpc) is 2.81. The van der Waals surface area contributed by atoms with Crippen LogP contribution in [0.25, 0.3) is 0 Å². The van der Waals surface area contributed by atoms with E-state index in [2.05, 4.69) is 5.32 Å². The molecule has 0 fully saturated rings. The first kappa shape index (κ1) is 13.9. The van der Waals surface area contributed by atoms with Gasteiger partial charge in [-0.3, -0.25) is 4.79 Å². The van der Waals surface area contributed by atoms with Crippen LogP contribution in [0, 0.1) is 5.41 Å². The monoisotopic (exact) mass is 263 g/mol. The molecule has 4 heteroatoms. The third-order valence-electron chi connectivity index (χ3n) is 3.41. The molecule has 4 nitrogen and oxygen atoms in total. The Kier molecular flexibility index (Phi) is 3.80. The maximum Gasteiger partial charge on any atom is 0.251 e. The summed E-state index contributed by atoms with van der Waals surface area (Å²) in [5.74, 6) is 0.712. The van der Waals surface area contributed by atoms with E-state index in [1.807, 2.05) is 32.9 Å². The third kappa shape index (κ3) is 3.26. The summed E-state index contributed by atoms with van der Waals surface area (Å²) in [6.07, 6.45) is 0.287. The number of benzene rings is 1. The van der Waals surface area contributed by atoms with E-state index in [4.69, 9.17) is 4.74 Å². The first-order valence-electron chi connectivity index (χ1n) is 6.60. The van der Waals surface area contributed by atoms with Gasteiger partial charge in [0.15, 0.2) is 0 Å². The van der Waals surface area contributed by atoms with E-state index in [0.29, 0.717) is 12.2 Å². The number of ether oxygens (including phenoxy) is 1. The summed E-state index contributed by atoms with van der Waals surface area (Å²) in [4.78, 5) is 12.0. The fourth-order valence-electron chi connectivity index (χ4n) is 1.93. The Balaban J connectivity index is 1.97. The molecule has 1 aliphatic rings. The van der Waals surface area contributed by atoms with E-state index in [1.54, 1.807) is 6.07 Å². The van der Waals surface area contributed by atoms with Crippen LogP contribution >= 0.6 is 0 Å². The first-order valence-corrected chi connectivity index (χ1v) is 6.60. The number of hydrogen-bond acceptors (Lipinski definition) is 3. The van der Waals surface area contributed by atoms with Crippen molar-refractivity contribution in [3.63, 3.8) is 0 Å². The van der Waals surface area contributed by atoms with Crippen LogP contribution in [0.15, 0.2) is 18.2 Å². The van der Waals surface area contributed by atoms with E-state index in [0.717, 1.165) is 17.7 Å². The minimum Gasteiger partial charge on any atom is -0.493 e. The van der Waals surface area contributed by atoms with Crippen molar-refractivity contribution in [3.05, 3.63) is 29.3 Å². The highest BCUT2D eigenvalue weighted by molar-refractivity contribution is 5.94. The number of rotatable bonds is 3. The highest BCUT2D eigenvalue weighted by atomic mass is 16.5. The van der Waals surface area contributed by atoms with Crippen LogP contribution in [0.3, 0.4) is 0 Å². The van der Waals surface area contributed by atoms with E-state index in [1.165, 1.54) is 0 Å². The molecule has 0 spiro atoms. The molecule has 19 heavy (non-hydrogen) atoms. The van der Waals surface area contributed by atoms with Crippen molar-refractivity contribution in [1.29, 1.82) is 0 Å². The quantitative estimate of drug-likeness (QED) is 0.873. The van der Waals surface area contributed by atoms with Gasteiger partial charge in [-0.05, 0) is 29.2 Å². The lowest BCUT2D eigenvalue weighted by atomic mass is 9.89. The number of hydrogen-bond donors (Lipinski definition) is 2. The second-order valence-corrected chi connectivity index (χ2v) is 6.01. The van der Waals surface area contributed by atoms with Gasteiger partial charge in [0.1, 0.15) is 5.75 Å². The second kappa shape index (κ2) is 5.21. The number of aliphatic hydroxyl groups excluding tert-OH is 1. The van der Waals surface area contributed by atoms with Crippen molar-refractivity contribution in [2.24, 2.45) is 5.41 Å². The molecule has 1 aliphatic heterocycles. The molecule has 0 aromatic heterocycles. The minimum absolute atomic E-state index is 0.155. The largest absolute Gasteiger partial charge is 0.493 e. The van der Waals surface area contributed by atoms with Gasteiger partial charge >= 0.3 is 0 Å². The van der Waals surface area contributed by atoms with E-state index in [-0.39, 0.29) is 17.9 Å². The van der Waals surface area contributed by atoms with Crippen LogP contribution in [0.4, 0.5) is 0 Å². The van der Waals surface area contributed by atoms with Crippen molar-refractivity contribution >= 4 is 5.91 Å². The summed E-state index contributed by atoms with van der Waals surface area (Å²) in [5, 5.41) is 12.7. The van der Waals surface area contributed by atoms with E-state index >= 15 is 0 Å². The Labute approximate surface area is 113 Å². The Bertz CT molecular complexity index is 477. The molecule has 1 heterocycles. The Morgan fingerprint density at radius 1 is 1.47 bits per heavy atom. The van der Waals surface area contributed by atoms with Gasteiger partial charge in [-0.15, -0.1) is 0 Å². The Hall–Kier alpha value is -1.55. The van der Waals surface area contributed by atoms with Crippen molar-refractivity contribution in [2.45, 2.75) is 33.3 Å². The molecule has 0 aliphatic carbocycles. The summed E-state index contributed by atoms with van der Waals surface area (Å²) in [5.41, 5.74) is 1.45. The molecule has 104 valence electrons. The molecular formula is C15H21NO3. The van der Waals surface area contributed by atoms with Gasteiger partial charge < -0.3 is 15.2 Å². The zero-order chi connectivity index (χ0) is 14.0. The number of fused-ring (bicyclic) bond motifs is 1. The van der Waals surface area contributed by atoms with Crippen LogP contribution in [-0.4, -0.2) is 30.3 Å². The predicted molar refractivity (Wildman–Crippen MR) is 73.4 cm³/mol. The highest BCUT2D eigenvalue weighted by Gasteiger charge is 2.23. The van der Waals surface area contributed by atoms with E-state index in [9.17, 15) is 9.90 Å². The van der Waals surface area contributed by atoms with Crippen LogP contribution in [0.5, 0.6) is 5.75 Å². The SMILES string of the molecule is CC(C)(C)C(O)CNC(=O)c1ccc2c(c1)CCO2. The topological polar surface area (TPSA) is 58.6 Å². The maximum absolute atomic E-state index is 12.0. The summed E-state index contributed by atoms with van der Waals surface area (Å²) < 4.78 is 5.40. The highest BCUT2D eigenvalue weighted by Crippen LogP contribution is 2.25. The fraction of sp³-hybridized carbons (Fsp3) is 0.533. The molecule has 1 aromatic rings. The predicted octanol–water partition coefficient (Wildman–Crippen LogP) is 1.76. The molecule has 1 aromatic carbocycles. The summed E-state index contributed by atoms with van der Waals surface area (Å²) >= 11 is 0. The molecule has 1 unspecified atom stereocenters. The number of nitrogens with one attached hydrogen (secondary N) is 1. The van der Waals surface area contributed by atoms with Gasteiger partial charge in [-0.25, -0.2) is 0 Å². The Morgan fingerprint density at radius 2 is 2.21 bits per heavy atom. The number of amides is 1. The second-order valence-electron chi connectivity index (χ2n) is 6.01. The average molecular weight is 263 g/mol. The van der Waals surface area contributed by atoms with Gasteiger partial charge in [0.2, 0.25) is 0 Å². The molecular weight excluding hydrogens is 242 g/mol. The molecule has 2 rings (SSSR count). The van der Waals surface area contributed by atoms with Crippen LogP contribution in [0.2, 0.25) is 0 Å². The van der Waals surface area contributed by atoms with Crippen LogP contribution in [0.1, 0.15) is 36.7 Å². The van der Waals surface area contributed by atoms with Crippen LogP contribution < -0.4 is 10.1 Å². The first-order chi connectivity index (χ1) is 8.88. The number of carbonyl (C=O) groups is 1. The summed E-state index contributed by atoms with van der Waals surface area (Å²) in [6.45, 7) is 6.77. The van der Waals surface area contributed by atoms with Gasteiger partial charge in [0, 0.05) is 18.5 Å². The normalized spacial score (nSPS) is 15.6. The van der Waals surface area contributed by atoms with Crippen LogP contribution in [-0.2, 0) is 6.42 Å². The smallest absolute Gasteiger partial charge is 0.251 e. The molecule has 0 bridgehead atoms.